The van der Waals surface area contributed by atoms with Crippen LogP contribution in [0.5, 0.6) is 5.75 Å². The second-order valence-corrected chi connectivity index (χ2v) is 5.67. The lowest BCUT2D eigenvalue weighted by molar-refractivity contribution is 0.416. The molecule has 0 amide bonds. The van der Waals surface area contributed by atoms with Crippen LogP contribution >= 0.6 is 0 Å². The molecule has 0 aliphatic heterocycles. The monoisotopic (exact) mass is 335 g/mol. The van der Waals surface area contributed by atoms with Crippen LogP contribution in [0.1, 0.15) is 18.1 Å². The van der Waals surface area contributed by atoms with Crippen molar-refractivity contribution < 1.29 is 4.74 Å². The number of rotatable bonds is 6. The lowest BCUT2D eigenvalue weighted by atomic mass is 10.1. The first-order valence-corrected chi connectivity index (χ1v) is 8.15. The highest BCUT2D eigenvalue weighted by atomic mass is 16.5. The molecule has 2 N–H and O–H groups in total. The first-order chi connectivity index (χ1) is 12.2. The topological polar surface area (TPSA) is 72.0 Å². The molecule has 1 heterocycles. The van der Waals surface area contributed by atoms with Crippen molar-refractivity contribution >= 4 is 23.1 Å². The fourth-order valence-corrected chi connectivity index (χ4v) is 2.43. The Morgan fingerprint density at radius 2 is 1.84 bits per heavy atom. The number of aryl methyl sites for hydroxylation is 2. The smallest absolute Gasteiger partial charge is 0.249 e. The normalized spacial score (nSPS) is 10.4. The van der Waals surface area contributed by atoms with E-state index >= 15 is 0 Å². The molecule has 128 valence electrons. The summed E-state index contributed by atoms with van der Waals surface area (Å²) < 4.78 is 5.38. The second kappa shape index (κ2) is 7.61. The van der Waals surface area contributed by atoms with Gasteiger partial charge in [0.25, 0.3) is 0 Å². The summed E-state index contributed by atoms with van der Waals surface area (Å²) in [5.74, 6) is 1.77. The van der Waals surface area contributed by atoms with E-state index in [9.17, 15) is 0 Å². The van der Waals surface area contributed by atoms with Gasteiger partial charge in [-0.1, -0.05) is 25.1 Å². The van der Waals surface area contributed by atoms with E-state index in [0.717, 1.165) is 29.1 Å². The van der Waals surface area contributed by atoms with E-state index in [1.165, 1.54) is 5.56 Å². The third-order valence-electron chi connectivity index (χ3n) is 3.79. The van der Waals surface area contributed by atoms with Gasteiger partial charge in [0.05, 0.1) is 19.0 Å². The van der Waals surface area contributed by atoms with Gasteiger partial charge in [0.2, 0.25) is 5.95 Å². The molecule has 0 bridgehead atoms. The largest absolute Gasteiger partial charge is 0.495 e. The Labute approximate surface area is 147 Å². The van der Waals surface area contributed by atoms with Crippen LogP contribution in [-0.4, -0.2) is 22.3 Å². The van der Waals surface area contributed by atoms with Crippen LogP contribution in [0, 0.1) is 6.92 Å². The van der Waals surface area contributed by atoms with Crippen LogP contribution in [0.15, 0.2) is 48.7 Å². The highest BCUT2D eigenvalue weighted by Gasteiger charge is 2.06. The second-order valence-electron chi connectivity index (χ2n) is 5.67. The van der Waals surface area contributed by atoms with Crippen molar-refractivity contribution in [2.75, 3.05) is 17.7 Å². The van der Waals surface area contributed by atoms with E-state index in [0.29, 0.717) is 11.8 Å². The molecule has 0 saturated heterocycles. The molecule has 0 aliphatic rings. The third kappa shape index (κ3) is 4.23. The quantitative estimate of drug-likeness (QED) is 0.702. The molecule has 25 heavy (non-hydrogen) atoms. The summed E-state index contributed by atoms with van der Waals surface area (Å²) in [6.45, 7) is 4.15. The van der Waals surface area contributed by atoms with Gasteiger partial charge in [-0.15, -0.1) is 5.10 Å². The Morgan fingerprint density at radius 3 is 2.56 bits per heavy atom. The molecule has 0 radical (unpaired) electrons. The van der Waals surface area contributed by atoms with Gasteiger partial charge < -0.3 is 15.4 Å². The number of ether oxygens (including phenoxy) is 1. The first kappa shape index (κ1) is 16.7. The van der Waals surface area contributed by atoms with E-state index in [4.69, 9.17) is 4.74 Å². The fraction of sp³-hybridized carbons (Fsp3) is 0.211. The van der Waals surface area contributed by atoms with Crippen LogP contribution in [0.2, 0.25) is 0 Å². The van der Waals surface area contributed by atoms with Crippen molar-refractivity contribution in [3.05, 3.63) is 59.8 Å². The number of methoxy groups -OCH3 is 1. The first-order valence-electron chi connectivity index (χ1n) is 8.15. The van der Waals surface area contributed by atoms with Gasteiger partial charge in [-0.3, -0.25) is 0 Å². The molecule has 6 nitrogen and oxygen atoms in total. The third-order valence-corrected chi connectivity index (χ3v) is 3.79. The predicted molar refractivity (Wildman–Crippen MR) is 99.9 cm³/mol. The molecule has 1 aromatic heterocycles. The van der Waals surface area contributed by atoms with Crippen molar-refractivity contribution in [1.29, 1.82) is 0 Å². The van der Waals surface area contributed by atoms with E-state index in [2.05, 4.69) is 44.9 Å². The minimum Gasteiger partial charge on any atom is -0.495 e. The standard InChI is InChI=1S/C19H21N5O/c1-4-14-6-8-15(9-7-14)21-19-23-18(12-20-24-19)22-16-11-13(2)5-10-17(16)25-3/h5-12H,4H2,1-3H3,(H2,21,22,23,24). The number of hydrogen-bond acceptors (Lipinski definition) is 6. The Balaban J connectivity index is 1.78. The highest BCUT2D eigenvalue weighted by molar-refractivity contribution is 5.65. The number of aromatic nitrogens is 3. The maximum Gasteiger partial charge on any atom is 0.249 e. The van der Waals surface area contributed by atoms with Gasteiger partial charge in [0, 0.05) is 5.69 Å². The lowest BCUT2D eigenvalue weighted by Crippen LogP contribution is -2.03. The Bertz CT molecular complexity index is 849. The maximum absolute atomic E-state index is 5.38. The van der Waals surface area contributed by atoms with E-state index < -0.39 is 0 Å². The van der Waals surface area contributed by atoms with Gasteiger partial charge in [-0.05, 0) is 48.7 Å². The van der Waals surface area contributed by atoms with Crippen molar-refractivity contribution in [3.8, 4) is 5.75 Å². The van der Waals surface area contributed by atoms with Crippen LogP contribution in [0.25, 0.3) is 0 Å². The zero-order chi connectivity index (χ0) is 17.6. The van der Waals surface area contributed by atoms with Crippen molar-refractivity contribution in [2.45, 2.75) is 20.3 Å². The van der Waals surface area contributed by atoms with E-state index in [1.54, 1.807) is 13.3 Å². The van der Waals surface area contributed by atoms with Crippen molar-refractivity contribution in [2.24, 2.45) is 0 Å². The van der Waals surface area contributed by atoms with Crippen LogP contribution < -0.4 is 15.4 Å². The predicted octanol–water partition coefficient (Wildman–Crippen LogP) is 4.24. The number of nitrogens with zero attached hydrogens (tertiary/aromatic N) is 3. The molecule has 0 fully saturated rings. The SMILES string of the molecule is CCc1ccc(Nc2nncc(Nc3cc(C)ccc3OC)n2)cc1. The van der Waals surface area contributed by atoms with Crippen LogP contribution in [-0.2, 0) is 6.42 Å². The molecule has 2 aromatic carbocycles. The van der Waals surface area contributed by atoms with E-state index in [1.807, 2.05) is 37.3 Å². The highest BCUT2D eigenvalue weighted by Crippen LogP contribution is 2.28. The zero-order valence-corrected chi connectivity index (χ0v) is 14.6. The minimum atomic E-state index is 0.431. The zero-order valence-electron chi connectivity index (χ0n) is 14.6. The summed E-state index contributed by atoms with van der Waals surface area (Å²) in [7, 11) is 1.64. The van der Waals surface area contributed by atoms with Gasteiger partial charge >= 0.3 is 0 Å². The van der Waals surface area contributed by atoms with Crippen molar-refractivity contribution in [3.63, 3.8) is 0 Å². The molecule has 0 atom stereocenters. The molecule has 0 saturated carbocycles. The summed E-state index contributed by atoms with van der Waals surface area (Å²) in [4.78, 5) is 4.46. The van der Waals surface area contributed by atoms with E-state index in [-0.39, 0.29) is 0 Å². The maximum atomic E-state index is 5.38. The Hall–Kier alpha value is -3.15. The summed E-state index contributed by atoms with van der Waals surface area (Å²) in [5, 5.41) is 14.4. The number of benzene rings is 2. The summed E-state index contributed by atoms with van der Waals surface area (Å²) in [5.41, 5.74) is 4.16. The molecule has 0 spiro atoms. The molecule has 0 unspecified atom stereocenters. The number of hydrogen-bond donors (Lipinski definition) is 2. The van der Waals surface area contributed by atoms with Crippen LogP contribution in [0.4, 0.5) is 23.1 Å². The lowest BCUT2D eigenvalue weighted by Gasteiger charge is -2.12. The summed E-state index contributed by atoms with van der Waals surface area (Å²) >= 11 is 0. The van der Waals surface area contributed by atoms with Crippen LogP contribution in [0.3, 0.4) is 0 Å². The summed E-state index contributed by atoms with van der Waals surface area (Å²) in [6, 6.07) is 14.1. The Morgan fingerprint density at radius 1 is 1.04 bits per heavy atom. The fourth-order valence-electron chi connectivity index (χ4n) is 2.43. The van der Waals surface area contributed by atoms with Gasteiger partial charge in [0.15, 0.2) is 5.82 Å². The average Bonchev–Trinajstić information content (AvgIpc) is 2.63. The molecular formula is C19H21N5O. The molecule has 3 rings (SSSR count). The molecule has 6 heteroatoms. The number of nitrogens with one attached hydrogen (secondary N) is 2. The van der Waals surface area contributed by atoms with Gasteiger partial charge in [0.1, 0.15) is 5.75 Å². The molecule has 0 aliphatic carbocycles. The van der Waals surface area contributed by atoms with Gasteiger partial charge in [-0.2, -0.15) is 10.1 Å². The number of anilines is 4. The molecular weight excluding hydrogens is 314 g/mol. The average molecular weight is 335 g/mol. The van der Waals surface area contributed by atoms with Crippen molar-refractivity contribution in [1.82, 2.24) is 15.2 Å². The van der Waals surface area contributed by atoms with Gasteiger partial charge in [-0.25, -0.2) is 0 Å². The Kier molecular flexibility index (Phi) is 5.09. The molecule has 3 aromatic rings. The summed E-state index contributed by atoms with van der Waals surface area (Å²) in [6.07, 6.45) is 2.59. The minimum absolute atomic E-state index is 0.431.